The fourth-order valence-electron chi connectivity index (χ4n) is 2.10. The molecule has 1 aliphatic rings. The number of carbonyl (C=O) groups excluding carboxylic acids is 1. The Balaban J connectivity index is 2.10. The molecule has 1 aromatic carbocycles. The van der Waals surface area contributed by atoms with Crippen LogP contribution >= 0.6 is 11.8 Å². The van der Waals surface area contributed by atoms with Crippen molar-refractivity contribution >= 4 is 17.8 Å². The van der Waals surface area contributed by atoms with E-state index >= 15 is 0 Å². The summed E-state index contributed by atoms with van der Waals surface area (Å²) in [5, 5.41) is 0. The fourth-order valence-corrected chi connectivity index (χ4v) is 3.21. The number of hydrogen-bond donors (Lipinski definition) is 0. The molecule has 1 fully saturated rings. The Morgan fingerprint density at radius 3 is 2.94 bits per heavy atom. The molecule has 1 heterocycles. The van der Waals surface area contributed by atoms with Crippen LogP contribution in [0.1, 0.15) is 29.9 Å². The third-order valence-corrected chi connectivity index (χ3v) is 4.02. The minimum Gasteiger partial charge on any atom is -0.211 e. The van der Waals surface area contributed by atoms with Crippen LogP contribution in [0.25, 0.3) is 0 Å². The van der Waals surface area contributed by atoms with Gasteiger partial charge in [-0.05, 0) is 41.4 Å². The van der Waals surface area contributed by atoms with Gasteiger partial charge in [-0.1, -0.05) is 24.3 Å². The monoisotopic (exact) mass is 233 g/mol. The van der Waals surface area contributed by atoms with Crippen LogP contribution in [0.5, 0.6) is 0 Å². The molecule has 0 bridgehead atoms. The van der Waals surface area contributed by atoms with E-state index in [9.17, 15) is 4.79 Å². The van der Waals surface area contributed by atoms with E-state index in [0.717, 1.165) is 5.56 Å². The van der Waals surface area contributed by atoms with Gasteiger partial charge < -0.3 is 0 Å². The first-order chi connectivity index (χ1) is 7.90. The molecule has 1 saturated heterocycles. The Morgan fingerprint density at radius 1 is 1.38 bits per heavy atom. The lowest BCUT2D eigenvalue weighted by molar-refractivity contribution is 0.562. The predicted octanol–water partition coefficient (Wildman–Crippen LogP) is 3.13. The second-order valence-corrected chi connectivity index (χ2v) is 5.26. The topological polar surface area (TPSA) is 29.4 Å². The highest BCUT2D eigenvalue weighted by Crippen LogP contribution is 2.31. The van der Waals surface area contributed by atoms with Gasteiger partial charge in [0.25, 0.3) is 0 Å². The number of hydrogen-bond acceptors (Lipinski definition) is 3. The minimum absolute atomic E-state index is 0.457. The molecule has 0 aliphatic carbocycles. The highest BCUT2D eigenvalue weighted by Gasteiger charge is 2.15. The number of isocyanates is 1. The maximum Gasteiger partial charge on any atom is 0.235 e. The third-order valence-electron chi connectivity index (χ3n) is 2.97. The zero-order valence-corrected chi connectivity index (χ0v) is 10.0. The van der Waals surface area contributed by atoms with E-state index in [1.807, 2.05) is 17.8 Å². The Hall–Kier alpha value is -1.05. The van der Waals surface area contributed by atoms with E-state index in [1.54, 1.807) is 6.08 Å². The summed E-state index contributed by atoms with van der Waals surface area (Å²) in [6.45, 7) is 0.457. The first-order valence-electron chi connectivity index (χ1n) is 5.60. The summed E-state index contributed by atoms with van der Waals surface area (Å²) in [7, 11) is 0. The highest BCUT2D eigenvalue weighted by molar-refractivity contribution is 7.99. The summed E-state index contributed by atoms with van der Waals surface area (Å²) in [6.07, 6.45) is 4.12. The SMILES string of the molecule is O=C=NCc1cccc(C2CCSCC2)c1. The summed E-state index contributed by atoms with van der Waals surface area (Å²) < 4.78 is 0. The number of rotatable bonds is 3. The van der Waals surface area contributed by atoms with Crippen LogP contribution in [-0.2, 0) is 11.3 Å². The van der Waals surface area contributed by atoms with Gasteiger partial charge in [0.05, 0.1) is 6.54 Å². The molecule has 0 radical (unpaired) electrons. The van der Waals surface area contributed by atoms with E-state index in [-0.39, 0.29) is 0 Å². The smallest absolute Gasteiger partial charge is 0.211 e. The van der Waals surface area contributed by atoms with Crippen molar-refractivity contribution in [2.24, 2.45) is 4.99 Å². The van der Waals surface area contributed by atoms with Crippen LogP contribution in [0.15, 0.2) is 29.3 Å². The van der Waals surface area contributed by atoms with Crippen LogP contribution in [0.4, 0.5) is 0 Å². The van der Waals surface area contributed by atoms with Crippen LogP contribution in [-0.4, -0.2) is 17.6 Å². The fraction of sp³-hybridized carbons (Fsp3) is 0.462. The van der Waals surface area contributed by atoms with Crippen LogP contribution in [0, 0.1) is 0 Å². The molecule has 3 heteroatoms. The lowest BCUT2D eigenvalue weighted by Crippen LogP contribution is -2.07. The zero-order chi connectivity index (χ0) is 11.2. The van der Waals surface area contributed by atoms with Crippen molar-refractivity contribution in [3.05, 3.63) is 35.4 Å². The van der Waals surface area contributed by atoms with E-state index in [0.29, 0.717) is 12.5 Å². The average Bonchev–Trinajstić information content (AvgIpc) is 2.38. The van der Waals surface area contributed by atoms with E-state index in [2.05, 4.69) is 23.2 Å². The van der Waals surface area contributed by atoms with Crippen molar-refractivity contribution in [3.8, 4) is 0 Å². The molecule has 0 aromatic heterocycles. The van der Waals surface area contributed by atoms with Crippen molar-refractivity contribution in [2.75, 3.05) is 11.5 Å². The minimum atomic E-state index is 0.457. The predicted molar refractivity (Wildman–Crippen MR) is 67.6 cm³/mol. The summed E-state index contributed by atoms with van der Waals surface area (Å²) in [5.74, 6) is 3.23. The standard InChI is InChI=1S/C13H15NOS/c15-10-14-9-11-2-1-3-13(8-11)12-4-6-16-7-5-12/h1-3,8,12H,4-7,9H2. The second-order valence-electron chi connectivity index (χ2n) is 4.04. The Labute approximate surface area is 100 Å². The molecule has 0 saturated carbocycles. The van der Waals surface area contributed by atoms with Gasteiger partial charge in [-0.3, -0.25) is 0 Å². The van der Waals surface area contributed by atoms with Gasteiger partial charge in [-0.15, -0.1) is 0 Å². The molecule has 0 unspecified atom stereocenters. The molecule has 1 aromatic rings. The van der Waals surface area contributed by atoms with Crippen LogP contribution in [0.3, 0.4) is 0 Å². The first kappa shape index (κ1) is 11.4. The Bertz CT molecular complexity index is 393. The third kappa shape index (κ3) is 2.97. The van der Waals surface area contributed by atoms with Crippen LogP contribution in [0.2, 0.25) is 0 Å². The lowest BCUT2D eigenvalue weighted by Gasteiger charge is -2.22. The number of benzene rings is 1. The van der Waals surface area contributed by atoms with Gasteiger partial charge in [-0.2, -0.15) is 11.8 Å². The van der Waals surface area contributed by atoms with E-state index in [1.165, 1.54) is 29.9 Å². The van der Waals surface area contributed by atoms with Gasteiger partial charge >= 0.3 is 0 Å². The molecular formula is C13H15NOS. The Morgan fingerprint density at radius 2 is 2.19 bits per heavy atom. The Kier molecular flexibility index (Phi) is 4.20. The number of aliphatic imine (C=N–C) groups is 1. The molecule has 1 aliphatic heterocycles. The molecule has 84 valence electrons. The summed E-state index contributed by atoms with van der Waals surface area (Å²) in [6, 6.07) is 8.45. The lowest BCUT2D eigenvalue weighted by atomic mass is 9.92. The molecule has 0 N–H and O–H groups in total. The number of thioether (sulfide) groups is 1. The zero-order valence-electron chi connectivity index (χ0n) is 9.19. The summed E-state index contributed by atoms with van der Waals surface area (Å²) >= 11 is 2.04. The second kappa shape index (κ2) is 5.88. The number of nitrogens with zero attached hydrogens (tertiary/aromatic N) is 1. The maximum atomic E-state index is 10.1. The van der Waals surface area contributed by atoms with Crippen molar-refractivity contribution in [1.29, 1.82) is 0 Å². The average molecular weight is 233 g/mol. The van der Waals surface area contributed by atoms with Gasteiger partial charge in [0.15, 0.2) is 0 Å². The summed E-state index contributed by atoms with van der Waals surface area (Å²) in [5.41, 5.74) is 2.51. The van der Waals surface area contributed by atoms with Crippen molar-refractivity contribution in [3.63, 3.8) is 0 Å². The van der Waals surface area contributed by atoms with E-state index in [4.69, 9.17) is 0 Å². The normalized spacial score (nSPS) is 16.8. The van der Waals surface area contributed by atoms with Gasteiger partial charge in [0.2, 0.25) is 6.08 Å². The van der Waals surface area contributed by atoms with Gasteiger partial charge in [-0.25, -0.2) is 9.79 Å². The van der Waals surface area contributed by atoms with Crippen molar-refractivity contribution < 1.29 is 4.79 Å². The van der Waals surface area contributed by atoms with Gasteiger partial charge in [0.1, 0.15) is 0 Å². The molecule has 2 rings (SSSR count). The van der Waals surface area contributed by atoms with Gasteiger partial charge in [0, 0.05) is 0 Å². The quantitative estimate of drug-likeness (QED) is 0.593. The van der Waals surface area contributed by atoms with E-state index < -0.39 is 0 Å². The molecular weight excluding hydrogens is 218 g/mol. The maximum absolute atomic E-state index is 10.1. The van der Waals surface area contributed by atoms with Crippen molar-refractivity contribution in [2.45, 2.75) is 25.3 Å². The first-order valence-corrected chi connectivity index (χ1v) is 6.76. The van der Waals surface area contributed by atoms with Crippen molar-refractivity contribution in [1.82, 2.24) is 0 Å². The molecule has 0 amide bonds. The highest BCUT2D eigenvalue weighted by atomic mass is 32.2. The molecule has 0 atom stereocenters. The summed E-state index contributed by atoms with van der Waals surface area (Å²) in [4.78, 5) is 13.7. The molecule has 2 nitrogen and oxygen atoms in total. The van der Waals surface area contributed by atoms with Crippen LogP contribution < -0.4 is 0 Å². The molecule has 16 heavy (non-hydrogen) atoms. The largest absolute Gasteiger partial charge is 0.235 e. The molecule has 0 spiro atoms.